The number of hydrogen-bond acceptors (Lipinski definition) is 7. The Bertz CT molecular complexity index is 1050. The molecule has 138 valence electrons. The fourth-order valence-corrected chi connectivity index (χ4v) is 4.58. The van der Waals surface area contributed by atoms with Crippen LogP contribution in [0.4, 0.5) is 10.8 Å². The Balaban J connectivity index is 1.49. The lowest BCUT2D eigenvalue weighted by Gasteiger charge is -2.06. The highest BCUT2D eigenvalue weighted by atomic mass is 35.5. The Kier molecular flexibility index (Phi) is 5.58. The van der Waals surface area contributed by atoms with Gasteiger partial charge in [-0.25, -0.2) is 4.98 Å². The molecule has 0 fully saturated rings. The topological polar surface area (TPSA) is 75.9 Å². The molecule has 4 rings (SSSR count). The van der Waals surface area contributed by atoms with E-state index in [9.17, 15) is 5.11 Å². The average Bonchev–Trinajstić information content (AvgIpc) is 3.26. The number of thioether (sulfide) groups is 1. The summed E-state index contributed by atoms with van der Waals surface area (Å²) >= 11 is 9.18. The predicted octanol–water partition coefficient (Wildman–Crippen LogP) is 4.57. The summed E-state index contributed by atoms with van der Waals surface area (Å²) in [5.41, 5.74) is 2.77. The number of nitrogens with zero attached hydrogens (tertiary/aromatic N) is 4. The van der Waals surface area contributed by atoms with Crippen molar-refractivity contribution in [2.45, 2.75) is 16.6 Å². The van der Waals surface area contributed by atoms with Crippen molar-refractivity contribution in [1.29, 1.82) is 0 Å². The van der Waals surface area contributed by atoms with Gasteiger partial charge in [-0.15, -0.1) is 10.2 Å². The van der Waals surface area contributed by atoms with Gasteiger partial charge >= 0.3 is 0 Å². The Hall–Kier alpha value is -2.13. The Morgan fingerprint density at radius 2 is 2.00 bits per heavy atom. The molecule has 27 heavy (non-hydrogen) atoms. The van der Waals surface area contributed by atoms with E-state index in [1.54, 1.807) is 11.8 Å². The third-order valence-electron chi connectivity index (χ3n) is 3.87. The molecule has 0 bridgehead atoms. The third-order valence-corrected chi connectivity index (χ3v) is 6.07. The zero-order valence-corrected chi connectivity index (χ0v) is 16.6. The van der Waals surface area contributed by atoms with Crippen LogP contribution < -0.4 is 5.32 Å². The second-order valence-electron chi connectivity index (χ2n) is 5.69. The predicted molar refractivity (Wildman–Crippen MR) is 111 cm³/mol. The molecule has 0 atom stereocenters. The van der Waals surface area contributed by atoms with Crippen molar-refractivity contribution in [1.82, 2.24) is 19.7 Å². The van der Waals surface area contributed by atoms with Crippen molar-refractivity contribution in [3.05, 3.63) is 59.4 Å². The van der Waals surface area contributed by atoms with Gasteiger partial charge in [0, 0.05) is 17.3 Å². The van der Waals surface area contributed by atoms with Crippen LogP contribution in [0.15, 0.2) is 52.9 Å². The SMILES string of the molecule is OCCn1c(CSc2nnc(Nc3ccccc3)s2)nc2ccc(Cl)cc21. The Morgan fingerprint density at radius 1 is 1.15 bits per heavy atom. The van der Waals surface area contributed by atoms with Gasteiger partial charge in [-0.3, -0.25) is 0 Å². The van der Waals surface area contributed by atoms with Gasteiger partial charge < -0.3 is 15.0 Å². The lowest BCUT2D eigenvalue weighted by molar-refractivity contribution is 0.276. The molecule has 0 aliphatic heterocycles. The first-order chi connectivity index (χ1) is 13.2. The molecule has 2 N–H and O–H groups in total. The van der Waals surface area contributed by atoms with E-state index in [-0.39, 0.29) is 6.61 Å². The van der Waals surface area contributed by atoms with Crippen molar-refractivity contribution in [3.63, 3.8) is 0 Å². The number of nitrogens with one attached hydrogen (secondary N) is 1. The van der Waals surface area contributed by atoms with E-state index < -0.39 is 0 Å². The van der Waals surface area contributed by atoms with Crippen LogP contribution in [0.25, 0.3) is 11.0 Å². The summed E-state index contributed by atoms with van der Waals surface area (Å²) in [4.78, 5) is 4.68. The van der Waals surface area contributed by atoms with Gasteiger partial charge in [-0.2, -0.15) is 0 Å². The summed E-state index contributed by atoms with van der Waals surface area (Å²) < 4.78 is 2.85. The Morgan fingerprint density at radius 3 is 2.81 bits per heavy atom. The summed E-state index contributed by atoms with van der Waals surface area (Å²) in [6, 6.07) is 15.5. The average molecular weight is 418 g/mol. The number of para-hydroxylation sites is 1. The normalized spacial score (nSPS) is 11.2. The van der Waals surface area contributed by atoms with Crippen LogP contribution >= 0.6 is 34.7 Å². The number of halogens is 1. The summed E-state index contributed by atoms with van der Waals surface area (Å²) in [6.45, 7) is 0.517. The molecule has 0 saturated carbocycles. The highest BCUT2D eigenvalue weighted by Gasteiger charge is 2.13. The molecule has 2 heterocycles. The first-order valence-corrected chi connectivity index (χ1v) is 10.4. The Labute approximate surface area is 169 Å². The molecule has 4 aromatic rings. The zero-order chi connectivity index (χ0) is 18.6. The molecule has 0 spiro atoms. The zero-order valence-electron chi connectivity index (χ0n) is 14.2. The number of benzene rings is 2. The van der Waals surface area contributed by atoms with Crippen molar-refractivity contribution in [2.24, 2.45) is 0 Å². The van der Waals surface area contributed by atoms with Crippen LogP contribution in [0, 0.1) is 0 Å². The minimum atomic E-state index is 0.0413. The fourth-order valence-electron chi connectivity index (χ4n) is 2.70. The van der Waals surface area contributed by atoms with E-state index in [0.29, 0.717) is 17.3 Å². The molecular formula is C18H16ClN5OS2. The highest BCUT2D eigenvalue weighted by molar-refractivity contribution is 8.00. The number of aliphatic hydroxyl groups is 1. The number of aromatic nitrogens is 4. The highest BCUT2D eigenvalue weighted by Crippen LogP contribution is 2.31. The number of hydrogen-bond donors (Lipinski definition) is 2. The molecule has 9 heteroatoms. The second kappa shape index (κ2) is 8.26. The van der Waals surface area contributed by atoms with E-state index >= 15 is 0 Å². The van der Waals surface area contributed by atoms with Crippen LogP contribution in [0.1, 0.15) is 5.82 Å². The molecule has 0 aliphatic carbocycles. The molecular weight excluding hydrogens is 402 g/mol. The van der Waals surface area contributed by atoms with Gasteiger partial charge in [0.25, 0.3) is 0 Å². The molecule has 2 aromatic heterocycles. The number of anilines is 2. The lowest BCUT2D eigenvalue weighted by atomic mass is 10.3. The van der Waals surface area contributed by atoms with Crippen LogP contribution in [0.2, 0.25) is 5.02 Å². The molecule has 0 aliphatic rings. The van der Waals surface area contributed by atoms with Crippen LogP contribution in [0.3, 0.4) is 0 Å². The second-order valence-corrected chi connectivity index (χ2v) is 8.33. The fraction of sp³-hybridized carbons (Fsp3) is 0.167. The molecule has 2 aromatic carbocycles. The largest absolute Gasteiger partial charge is 0.395 e. The van der Waals surface area contributed by atoms with Crippen LogP contribution in [-0.2, 0) is 12.3 Å². The first-order valence-electron chi connectivity index (χ1n) is 8.27. The van der Waals surface area contributed by atoms with Crippen molar-refractivity contribution < 1.29 is 5.11 Å². The minimum absolute atomic E-state index is 0.0413. The van der Waals surface area contributed by atoms with Gasteiger partial charge in [-0.1, -0.05) is 52.9 Å². The molecule has 6 nitrogen and oxygen atoms in total. The third kappa shape index (κ3) is 4.24. The number of aliphatic hydroxyl groups excluding tert-OH is 1. The summed E-state index contributed by atoms with van der Waals surface area (Å²) in [5.74, 6) is 1.51. The quantitative estimate of drug-likeness (QED) is 0.429. The number of imidazole rings is 1. The minimum Gasteiger partial charge on any atom is -0.395 e. The van der Waals surface area contributed by atoms with Crippen molar-refractivity contribution in [3.8, 4) is 0 Å². The van der Waals surface area contributed by atoms with E-state index in [4.69, 9.17) is 11.6 Å². The maximum Gasteiger partial charge on any atom is 0.210 e. The van der Waals surface area contributed by atoms with E-state index in [0.717, 1.165) is 32.0 Å². The first kappa shape index (κ1) is 18.2. The maximum atomic E-state index is 9.40. The standard InChI is InChI=1S/C18H16ClN5OS2/c19-12-6-7-14-15(10-12)24(8-9-25)16(21-14)11-26-18-23-22-17(27-18)20-13-4-2-1-3-5-13/h1-7,10,25H,8-9,11H2,(H,20,22). The van der Waals surface area contributed by atoms with Crippen molar-refractivity contribution in [2.75, 3.05) is 11.9 Å². The van der Waals surface area contributed by atoms with Crippen molar-refractivity contribution >= 4 is 56.6 Å². The molecule has 0 radical (unpaired) electrons. The van der Waals surface area contributed by atoms with Crippen LogP contribution in [0.5, 0.6) is 0 Å². The van der Waals surface area contributed by atoms with E-state index in [1.165, 1.54) is 11.3 Å². The number of rotatable bonds is 7. The monoisotopic (exact) mass is 417 g/mol. The van der Waals surface area contributed by atoms with Gasteiger partial charge in [0.2, 0.25) is 5.13 Å². The lowest BCUT2D eigenvalue weighted by Crippen LogP contribution is -2.06. The van der Waals surface area contributed by atoms with E-state index in [2.05, 4.69) is 20.5 Å². The van der Waals surface area contributed by atoms with Gasteiger partial charge in [0.1, 0.15) is 5.82 Å². The number of fused-ring (bicyclic) bond motifs is 1. The van der Waals surface area contributed by atoms with E-state index in [1.807, 2.05) is 53.1 Å². The smallest absolute Gasteiger partial charge is 0.210 e. The van der Waals surface area contributed by atoms with Crippen LogP contribution in [-0.4, -0.2) is 31.5 Å². The summed E-state index contributed by atoms with van der Waals surface area (Å²) in [5, 5.41) is 22.5. The molecule has 0 saturated heterocycles. The summed E-state index contributed by atoms with van der Waals surface area (Å²) in [7, 11) is 0. The molecule has 0 unspecified atom stereocenters. The van der Waals surface area contributed by atoms with Gasteiger partial charge in [-0.05, 0) is 30.3 Å². The maximum absolute atomic E-state index is 9.40. The summed E-state index contributed by atoms with van der Waals surface area (Å²) in [6.07, 6.45) is 0. The molecule has 0 amide bonds. The van der Waals surface area contributed by atoms with Gasteiger partial charge in [0.05, 0.1) is 23.4 Å². The van der Waals surface area contributed by atoms with Gasteiger partial charge in [0.15, 0.2) is 4.34 Å².